The number of carbonyl (C=O) groups excluding carboxylic acids is 2. The first-order chi connectivity index (χ1) is 15.2. The molecule has 1 fully saturated rings. The molecule has 8 nitrogen and oxygen atoms in total. The highest BCUT2D eigenvalue weighted by Gasteiger charge is 2.64. The summed E-state index contributed by atoms with van der Waals surface area (Å²) in [4.78, 5) is 25.7. The molecule has 1 aliphatic rings. The van der Waals surface area contributed by atoms with Gasteiger partial charge in [-0.05, 0) is 97.3 Å². The van der Waals surface area contributed by atoms with Crippen LogP contribution in [0.2, 0.25) is 0 Å². The quantitative estimate of drug-likeness (QED) is 0.103. The Hall–Kier alpha value is 0.600. The van der Waals surface area contributed by atoms with E-state index >= 15 is 0 Å². The second-order valence-corrected chi connectivity index (χ2v) is 12.9. The molecule has 0 bridgehead atoms. The fourth-order valence-electron chi connectivity index (χ4n) is 2.60. The summed E-state index contributed by atoms with van der Waals surface area (Å²) in [6.45, 7) is 1.84. The summed E-state index contributed by atoms with van der Waals surface area (Å²) in [5.74, 6) is -2.94. The SMILES string of the molecule is CC1(COC(=O)c2c(I)c(I)c(I)c(I)c2C(=O)NC(C(F)(F)F)C(F)(F)S(=O)(=O)O)CCO1. The van der Waals surface area contributed by atoms with Gasteiger partial charge in [0.25, 0.3) is 5.91 Å². The molecule has 1 amide bonds. The maximum absolute atomic E-state index is 14.0. The molecule has 34 heavy (non-hydrogen) atoms. The van der Waals surface area contributed by atoms with Gasteiger partial charge in [-0.25, -0.2) is 4.79 Å². The summed E-state index contributed by atoms with van der Waals surface area (Å²) in [6.07, 6.45) is -5.43. The molecule has 1 heterocycles. The number of alkyl halides is 5. The van der Waals surface area contributed by atoms with Crippen LogP contribution in [-0.2, 0) is 19.6 Å². The second-order valence-electron chi connectivity index (χ2n) is 7.12. The second kappa shape index (κ2) is 10.8. The number of halogens is 9. The highest BCUT2D eigenvalue weighted by atomic mass is 127. The van der Waals surface area contributed by atoms with Crippen molar-refractivity contribution in [2.24, 2.45) is 0 Å². The van der Waals surface area contributed by atoms with Crippen LogP contribution in [0.25, 0.3) is 0 Å². The summed E-state index contributed by atoms with van der Waals surface area (Å²) in [5.41, 5.74) is -2.00. The average molecular weight is 965 g/mol. The Morgan fingerprint density at radius 2 is 1.56 bits per heavy atom. The van der Waals surface area contributed by atoms with Gasteiger partial charge in [-0.3, -0.25) is 9.35 Å². The summed E-state index contributed by atoms with van der Waals surface area (Å²) in [6, 6.07) is -4.31. The van der Waals surface area contributed by atoms with E-state index in [9.17, 15) is 40.0 Å². The van der Waals surface area contributed by atoms with E-state index in [-0.39, 0.29) is 13.7 Å². The molecule has 1 aliphatic heterocycles. The van der Waals surface area contributed by atoms with Crippen LogP contribution in [-0.4, -0.2) is 61.1 Å². The standard InChI is InChI=1S/C16H12F5I4NO7S/c1-14(2-3-33-14)4-32-12(28)6-5(7(22)9(24)10(25)8(6)23)11(27)26-13(15(17,18)19)16(20,21)34(29,30)31/h13H,2-4H2,1H3,(H,26,27)(H,29,30,31). The first-order valence-electron chi connectivity index (χ1n) is 8.64. The topological polar surface area (TPSA) is 119 Å². The van der Waals surface area contributed by atoms with E-state index in [0.717, 1.165) is 5.32 Å². The van der Waals surface area contributed by atoms with E-state index in [1.807, 2.05) is 22.6 Å². The Kier molecular flexibility index (Phi) is 9.76. The van der Waals surface area contributed by atoms with E-state index in [2.05, 4.69) is 0 Å². The molecule has 1 aromatic carbocycles. The summed E-state index contributed by atoms with van der Waals surface area (Å²) < 4.78 is 110. The van der Waals surface area contributed by atoms with Gasteiger partial charge >= 0.3 is 27.5 Å². The minimum atomic E-state index is -6.57. The van der Waals surface area contributed by atoms with Crippen molar-refractivity contribution in [1.29, 1.82) is 0 Å². The molecule has 0 aromatic heterocycles. The maximum Gasteiger partial charge on any atom is 0.415 e. The van der Waals surface area contributed by atoms with Gasteiger partial charge in [0.2, 0.25) is 6.04 Å². The van der Waals surface area contributed by atoms with Crippen molar-refractivity contribution in [3.8, 4) is 0 Å². The zero-order chi connectivity index (χ0) is 26.4. The third-order valence-electron chi connectivity index (χ3n) is 4.57. The number of ether oxygens (including phenoxy) is 2. The van der Waals surface area contributed by atoms with Crippen LogP contribution < -0.4 is 5.32 Å². The minimum absolute atomic E-state index is 0.0605. The molecule has 192 valence electrons. The molecule has 1 aromatic rings. The number of rotatable bonds is 7. The van der Waals surface area contributed by atoms with E-state index in [1.54, 1.807) is 74.7 Å². The molecule has 0 spiro atoms. The lowest BCUT2D eigenvalue weighted by molar-refractivity contribution is -0.191. The van der Waals surface area contributed by atoms with E-state index in [0.29, 0.717) is 20.2 Å². The molecule has 1 saturated heterocycles. The zero-order valence-corrected chi connectivity index (χ0v) is 25.9. The lowest BCUT2D eigenvalue weighted by Gasteiger charge is -2.37. The lowest BCUT2D eigenvalue weighted by atomic mass is 9.99. The molecule has 2 unspecified atom stereocenters. The monoisotopic (exact) mass is 965 g/mol. The Morgan fingerprint density at radius 3 is 1.94 bits per heavy atom. The molecule has 2 N–H and O–H groups in total. The van der Waals surface area contributed by atoms with Crippen molar-refractivity contribution in [3.63, 3.8) is 0 Å². The number of nitrogens with one attached hydrogen (secondary N) is 1. The van der Waals surface area contributed by atoms with Crippen LogP contribution in [0.15, 0.2) is 0 Å². The number of hydrogen-bond donors (Lipinski definition) is 2. The minimum Gasteiger partial charge on any atom is -0.459 e. The number of esters is 1. The van der Waals surface area contributed by atoms with Gasteiger partial charge in [0, 0.05) is 20.7 Å². The molecule has 0 saturated carbocycles. The molecular formula is C16H12F5I4NO7S. The third-order valence-corrected chi connectivity index (χ3v) is 12.9. The fraction of sp³-hybridized carbons (Fsp3) is 0.500. The maximum atomic E-state index is 14.0. The van der Waals surface area contributed by atoms with Crippen LogP contribution in [0.4, 0.5) is 22.0 Å². The van der Waals surface area contributed by atoms with Gasteiger partial charge in [-0.2, -0.15) is 30.4 Å². The smallest absolute Gasteiger partial charge is 0.415 e. The van der Waals surface area contributed by atoms with Crippen molar-refractivity contribution in [3.05, 3.63) is 25.4 Å². The molecule has 0 radical (unpaired) electrons. The lowest BCUT2D eigenvalue weighted by Crippen LogP contribution is -2.59. The predicted octanol–water partition coefficient (Wildman–Crippen LogP) is 4.58. The predicted molar refractivity (Wildman–Crippen MR) is 140 cm³/mol. The van der Waals surface area contributed by atoms with Crippen LogP contribution in [0.5, 0.6) is 0 Å². The number of carbonyl (C=O) groups is 2. The Morgan fingerprint density at radius 1 is 1.09 bits per heavy atom. The van der Waals surface area contributed by atoms with E-state index in [4.69, 9.17) is 14.0 Å². The van der Waals surface area contributed by atoms with Gasteiger partial charge in [0.1, 0.15) is 12.2 Å². The van der Waals surface area contributed by atoms with Crippen molar-refractivity contribution in [1.82, 2.24) is 5.32 Å². The van der Waals surface area contributed by atoms with Gasteiger partial charge in [0.15, 0.2) is 0 Å². The molecule has 2 atom stereocenters. The summed E-state index contributed by atoms with van der Waals surface area (Å²) in [5, 5.41) is -4.89. The van der Waals surface area contributed by atoms with Gasteiger partial charge in [-0.15, -0.1) is 0 Å². The first-order valence-corrected chi connectivity index (χ1v) is 14.4. The summed E-state index contributed by atoms with van der Waals surface area (Å²) in [7, 11) is -6.57. The fourth-order valence-corrected chi connectivity index (χ4v) is 6.74. The molecule has 2 rings (SSSR count). The number of amides is 1. The normalized spacial score (nSPS) is 19.9. The summed E-state index contributed by atoms with van der Waals surface area (Å²) >= 11 is 6.76. The average Bonchev–Trinajstić information content (AvgIpc) is 2.67. The van der Waals surface area contributed by atoms with Gasteiger partial charge in [-0.1, -0.05) is 0 Å². The van der Waals surface area contributed by atoms with E-state index in [1.165, 1.54) is 0 Å². The first kappa shape index (κ1) is 30.8. The van der Waals surface area contributed by atoms with Crippen molar-refractivity contribution < 1.29 is 54.0 Å². The highest BCUT2D eigenvalue weighted by molar-refractivity contribution is 14.1. The van der Waals surface area contributed by atoms with Crippen molar-refractivity contribution in [2.75, 3.05) is 13.2 Å². The highest BCUT2D eigenvalue weighted by Crippen LogP contribution is 2.38. The van der Waals surface area contributed by atoms with Crippen molar-refractivity contribution in [2.45, 2.75) is 36.4 Å². The molecular weight excluding hydrogens is 953 g/mol. The van der Waals surface area contributed by atoms with Gasteiger partial charge in [0.05, 0.1) is 17.7 Å². The third kappa shape index (κ3) is 6.35. The van der Waals surface area contributed by atoms with Crippen molar-refractivity contribution >= 4 is 112 Å². The Labute approximate surface area is 244 Å². The largest absolute Gasteiger partial charge is 0.459 e. The number of benzene rings is 1. The Bertz CT molecular complexity index is 1130. The Balaban J connectivity index is 2.57. The van der Waals surface area contributed by atoms with Crippen LogP contribution >= 0.6 is 90.4 Å². The van der Waals surface area contributed by atoms with Crippen LogP contribution in [0.3, 0.4) is 0 Å². The van der Waals surface area contributed by atoms with Gasteiger partial charge < -0.3 is 14.8 Å². The molecule has 18 heteroatoms. The van der Waals surface area contributed by atoms with Crippen LogP contribution in [0.1, 0.15) is 34.1 Å². The molecule has 0 aliphatic carbocycles. The zero-order valence-electron chi connectivity index (χ0n) is 16.4. The van der Waals surface area contributed by atoms with E-state index < -0.39 is 56.2 Å². The number of hydrogen-bond acceptors (Lipinski definition) is 6. The van der Waals surface area contributed by atoms with Crippen LogP contribution in [0, 0.1) is 14.3 Å².